The minimum atomic E-state index is -0.490. The van der Waals surface area contributed by atoms with Gasteiger partial charge in [-0.25, -0.2) is 9.78 Å². The lowest BCUT2D eigenvalue weighted by molar-refractivity contribution is 0.626. The highest BCUT2D eigenvalue weighted by molar-refractivity contribution is 7.09. The van der Waals surface area contributed by atoms with Gasteiger partial charge in [0, 0.05) is 30.1 Å². The van der Waals surface area contributed by atoms with Crippen LogP contribution in [-0.2, 0) is 13.0 Å². The van der Waals surface area contributed by atoms with Gasteiger partial charge in [-0.2, -0.15) is 0 Å². The molecule has 0 aliphatic heterocycles. The maximum atomic E-state index is 11.5. The maximum absolute atomic E-state index is 11.5. The molecule has 0 fully saturated rings. The number of H-pyrrole nitrogens is 1. The van der Waals surface area contributed by atoms with Crippen molar-refractivity contribution in [2.24, 2.45) is 0 Å². The zero-order valence-corrected chi connectivity index (χ0v) is 10.6. The molecular weight excluding hydrogens is 262 g/mol. The Morgan fingerprint density at radius 3 is 2.88 bits per heavy atom. The zero-order chi connectivity index (χ0) is 12.4. The van der Waals surface area contributed by atoms with Gasteiger partial charge in [-0.1, -0.05) is 11.6 Å². The first-order chi connectivity index (χ1) is 8.06. The molecule has 0 saturated carbocycles. The molecular formula is C10H10ClN3O2S. The third kappa shape index (κ3) is 2.83. The summed E-state index contributed by atoms with van der Waals surface area (Å²) in [4.78, 5) is 29.7. The number of aromatic nitrogens is 3. The van der Waals surface area contributed by atoms with Crippen molar-refractivity contribution in [1.82, 2.24) is 14.5 Å². The van der Waals surface area contributed by atoms with E-state index in [1.807, 2.05) is 12.3 Å². The van der Waals surface area contributed by atoms with Crippen molar-refractivity contribution >= 4 is 22.9 Å². The summed E-state index contributed by atoms with van der Waals surface area (Å²) < 4.78 is 1.11. The van der Waals surface area contributed by atoms with Crippen molar-refractivity contribution in [2.75, 3.05) is 0 Å². The lowest BCUT2D eigenvalue weighted by Crippen LogP contribution is -2.35. The van der Waals surface area contributed by atoms with E-state index < -0.39 is 11.2 Å². The van der Waals surface area contributed by atoms with Crippen LogP contribution in [0.4, 0.5) is 0 Å². The fourth-order valence-electron chi connectivity index (χ4n) is 1.43. The number of nitrogens with zero attached hydrogens (tertiary/aromatic N) is 2. The van der Waals surface area contributed by atoms with Gasteiger partial charge < -0.3 is 0 Å². The van der Waals surface area contributed by atoms with Crippen LogP contribution in [0, 0.1) is 6.92 Å². The summed E-state index contributed by atoms with van der Waals surface area (Å²) in [5, 5.41) is 2.90. The summed E-state index contributed by atoms with van der Waals surface area (Å²) in [6.07, 6.45) is 0.559. The van der Waals surface area contributed by atoms with E-state index in [0.717, 1.165) is 15.3 Å². The second-order valence-electron chi connectivity index (χ2n) is 3.54. The van der Waals surface area contributed by atoms with Crippen LogP contribution in [0.3, 0.4) is 0 Å². The van der Waals surface area contributed by atoms with E-state index in [2.05, 4.69) is 9.97 Å². The Kier molecular flexibility index (Phi) is 3.44. The number of hydrogen-bond acceptors (Lipinski definition) is 4. The number of halogens is 1. The smallest absolute Gasteiger partial charge is 0.298 e. The Morgan fingerprint density at radius 2 is 2.29 bits per heavy atom. The molecule has 0 spiro atoms. The maximum Gasteiger partial charge on any atom is 0.329 e. The van der Waals surface area contributed by atoms with Gasteiger partial charge in [-0.05, 0) is 6.92 Å². The summed E-state index contributed by atoms with van der Waals surface area (Å²) in [5.74, 6) is 0. The minimum Gasteiger partial charge on any atom is -0.298 e. The van der Waals surface area contributed by atoms with E-state index in [9.17, 15) is 9.59 Å². The first-order valence-corrected chi connectivity index (χ1v) is 6.22. The number of nitrogens with one attached hydrogen (secondary N) is 1. The van der Waals surface area contributed by atoms with Crippen molar-refractivity contribution < 1.29 is 0 Å². The Labute approximate surface area is 106 Å². The summed E-state index contributed by atoms with van der Waals surface area (Å²) in [6, 6.07) is 1.19. The van der Waals surface area contributed by atoms with Gasteiger partial charge in [-0.3, -0.25) is 14.3 Å². The normalized spacial score (nSPS) is 10.7. The number of thiazole rings is 1. The summed E-state index contributed by atoms with van der Waals surface area (Å²) >= 11 is 7.08. The first kappa shape index (κ1) is 12.1. The highest BCUT2D eigenvalue weighted by Gasteiger charge is 2.05. The van der Waals surface area contributed by atoms with E-state index in [-0.39, 0.29) is 5.15 Å². The lowest BCUT2D eigenvalue weighted by Gasteiger charge is -2.02. The van der Waals surface area contributed by atoms with Crippen LogP contribution in [0.1, 0.15) is 10.7 Å². The molecule has 2 aromatic heterocycles. The van der Waals surface area contributed by atoms with E-state index in [4.69, 9.17) is 11.6 Å². The quantitative estimate of drug-likeness (QED) is 0.853. The molecule has 2 aromatic rings. The van der Waals surface area contributed by atoms with Crippen molar-refractivity contribution in [3.63, 3.8) is 0 Å². The van der Waals surface area contributed by atoms with Crippen LogP contribution >= 0.6 is 22.9 Å². The molecule has 2 rings (SSSR count). The summed E-state index contributed by atoms with van der Waals surface area (Å²) in [7, 11) is 0. The van der Waals surface area contributed by atoms with Crippen LogP contribution in [0.25, 0.3) is 0 Å². The summed E-state index contributed by atoms with van der Waals surface area (Å²) in [6.45, 7) is 2.21. The van der Waals surface area contributed by atoms with Gasteiger partial charge in [0.25, 0.3) is 5.56 Å². The number of rotatable bonds is 3. The Hall–Kier alpha value is -1.40. The van der Waals surface area contributed by atoms with Gasteiger partial charge in [0.1, 0.15) is 5.15 Å². The fraction of sp³-hybridized carbons (Fsp3) is 0.300. The van der Waals surface area contributed by atoms with Crippen molar-refractivity contribution in [2.45, 2.75) is 19.9 Å². The number of hydrogen-bond donors (Lipinski definition) is 1. The van der Waals surface area contributed by atoms with Gasteiger partial charge in [-0.15, -0.1) is 11.3 Å². The molecule has 0 amide bonds. The van der Waals surface area contributed by atoms with Crippen molar-refractivity contribution in [3.8, 4) is 0 Å². The molecule has 0 aliphatic rings. The molecule has 17 heavy (non-hydrogen) atoms. The molecule has 0 atom stereocenters. The van der Waals surface area contributed by atoms with Crippen LogP contribution in [0.15, 0.2) is 21.0 Å². The van der Waals surface area contributed by atoms with E-state index in [1.54, 1.807) is 0 Å². The largest absolute Gasteiger partial charge is 0.329 e. The van der Waals surface area contributed by atoms with Crippen LogP contribution in [-0.4, -0.2) is 14.5 Å². The molecule has 0 radical (unpaired) electrons. The highest BCUT2D eigenvalue weighted by Crippen LogP contribution is 2.09. The molecule has 0 aromatic carbocycles. The van der Waals surface area contributed by atoms with Gasteiger partial charge in [0.15, 0.2) is 0 Å². The summed E-state index contributed by atoms with van der Waals surface area (Å²) in [5.41, 5.74) is 0.0603. The zero-order valence-electron chi connectivity index (χ0n) is 9.07. The van der Waals surface area contributed by atoms with Gasteiger partial charge in [0.05, 0.1) is 5.01 Å². The predicted molar refractivity (Wildman–Crippen MR) is 66.9 cm³/mol. The number of aryl methyl sites for hydroxylation is 2. The molecule has 0 unspecified atom stereocenters. The molecule has 7 heteroatoms. The lowest BCUT2D eigenvalue weighted by atomic mass is 10.4. The molecule has 5 nitrogen and oxygen atoms in total. The minimum absolute atomic E-state index is 0.0568. The highest BCUT2D eigenvalue weighted by atomic mass is 35.5. The van der Waals surface area contributed by atoms with Gasteiger partial charge >= 0.3 is 5.69 Å². The monoisotopic (exact) mass is 271 g/mol. The average Bonchev–Trinajstić information content (AvgIpc) is 2.62. The Bertz CT molecular complexity index is 612. The topological polar surface area (TPSA) is 67.8 Å². The first-order valence-electron chi connectivity index (χ1n) is 4.97. The van der Waals surface area contributed by atoms with Crippen LogP contribution < -0.4 is 11.2 Å². The molecule has 90 valence electrons. The van der Waals surface area contributed by atoms with Crippen LogP contribution in [0.2, 0.25) is 5.15 Å². The third-order valence-corrected chi connectivity index (χ3v) is 3.43. The molecule has 2 heterocycles. The SMILES string of the molecule is Cc1csc(CCn2c(=O)cc(Cl)[nH]c2=O)n1. The second-order valence-corrected chi connectivity index (χ2v) is 4.89. The Morgan fingerprint density at radius 1 is 1.53 bits per heavy atom. The Balaban J connectivity index is 2.20. The molecule has 0 saturated heterocycles. The van der Waals surface area contributed by atoms with Crippen LogP contribution in [0.5, 0.6) is 0 Å². The van der Waals surface area contributed by atoms with E-state index in [0.29, 0.717) is 13.0 Å². The standard InChI is InChI=1S/C10H10ClN3O2S/c1-6-5-17-8(12-6)2-3-14-9(15)4-7(11)13-10(14)16/h4-5H,2-3H2,1H3,(H,13,16). The predicted octanol–water partition coefficient (Wildman–Crippen LogP) is 1.20. The van der Waals surface area contributed by atoms with Crippen molar-refractivity contribution in [3.05, 3.63) is 48.1 Å². The average molecular weight is 272 g/mol. The van der Waals surface area contributed by atoms with E-state index >= 15 is 0 Å². The molecule has 1 N–H and O–H groups in total. The second kappa shape index (κ2) is 4.85. The van der Waals surface area contributed by atoms with Crippen molar-refractivity contribution in [1.29, 1.82) is 0 Å². The molecule has 0 bridgehead atoms. The number of aromatic amines is 1. The third-order valence-electron chi connectivity index (χ3n) is 2.20. The fourth-order valence-corrected chi connectivity index (χ4v) is 2.37. The van der Waals surface area contributed by atoms with E-state index in [1.165, 1.54) is 17.4 Å². The molecule has 0 aliphatic carbocycles. The van der Waals surface area contributed by atoms with Gasteiger partial charge in [0.2, 0.25) is 0 Å².